The van der Waals surface area contributed by atoms with E-state index in [-0.39, 0.29) is 11.8 Å². The smallest absolute Gasteiger partial charge is 0.231 e. The van der Waals surface area contributed by atoms with Crippen molar-refractivity contribution in [3.63, 3.8) is 0 Å². The summed E-state index contributed by atoms with van der Waals surface area (Å²) in [7, 11) is 0. The van der Waals surface area contributed by atoms with Crippen LogP contribution in [0, 0.1) is 6.92 Å². The van der Waals surface area contributed by atoms with E-state index < -0.39 is 0 Å². The summed E-state index contributed by atoms with van der Waals surface area (Å²) in [6, 6.07) is 13.7. The number of rotatable bonds is 4. The Kier molecular flexibility index (Phi) is 4.48. The van der Waals surface area contributed by atoms with E-state index in [9.17, 15) is 4.79 Å². The number of carbonyl (C=O) groups is 1. The average Bonchev–Trinajstić information content (AvgIpc) is 3.15. The van der Waals surface area contributed by atoms with Gasteiger partial charge in [0, 0.05) is 24.7 Å². The zero-order valence-electron chi connectivity index (χ0n) is 14.6. The van der Waals surface area contributed by atoms with Crippen molar-refractivity contribution in [3.05, 3.63) is 65.8 Å². The Morgan fingerprint density at radius 1 is 1.19 bits per heavy atom. The highest BCUT2D eigenvalue weighted by atomic mass is 16.5. The fourth-order valence-corrected chi connectivity index (χ4v) is 3.29. The number of carbonyl (C=O) groups excluding carboxylic acids is 1. The molecule has 4 rings (SSSR count). The summed E-state index contributed by atoms with van der Waals surface area (Å²) in [5, 5.41) is 4.15. The van der Waals surface area contributed by atoms with Crippen molar-refractivity contribution < 1.29 is 9.32 Å². The number of nitrogens with zero attached hydrogens (tertiary/aromatic N) is 4. The molecule has 1 fully saturated rings. The van der Waals surface area contributed by atoms with Crippen molar-refractivity contribution in [2.75, 3.05) is 6.54 Å². The van der Waals surface area contributed by atoms with E-state index >= 15 is 0 Å². The molecule has 1 aromatic carbocycles. The predicted molar refractivity (Wildman–Crippen MR) is 96.1 cm³/mol. The maximum Gasteiger partial charge on any atom is 0.231 e. The lowest BCUT2D eigenvalue weighted by molar-refractivity contribution is -0.134. The number of pyridine rings is 1. The molecule has 1 aliphatic heterocycles. The molecule has 3 heterocycles. The molecule has 6 nitrogen and oxygen atoms in total. The highest BCUT2D eigenvalue weighted by Crippen LogP contribution is 2.29. The Bertz CT molecular complexity index is 907. The fourth-order valence-electron chi connectivity index (χ4n) is 3.29. The highest BCUT2D eigenvalue weighted by molar-refractivity contribution is 5.77. The molecule has 2 aromatic heterocycles. The van der Waals surface area contributed by atoms with Crippen LogP contribution < -0.4 is 0 Å². The van der Waals surface area contributed by atoms with Gasteiger partial charge in [-0.3, -0.25) is 9.78 Å². The molecule has 1 atom stereocenters. The molecule has 0 bridgehead atoms. The van der Waals surface area contributed by atoms with Gasteiger partial charge in [-0.25, -0.2) is 0 Å². The third-order valence-electron chi connectivity index (χ3n) is 4.76. The molecule has 0 radical (unpaired) electrons. The van der Waals surface area contributed by atoms with Gasteiger partial charge in [0.15, 0.2) is 0 Å². The van der Waals surface area contributed by atoms with Crippen LogP contribution in [0.3, 0.4) is 0 Å². The minimum Gasteiger partial charge on any atom is -0.339 e. The first-order chi connectivity index (χ1) is 12.7. The maximum absolute atomic E-state index is 12.3. The van der Waals surface area contributed by atoms with Crippen LogP contribution in [0.5, 0.6) is 0 Å². The first-order valence-corrected chi connectivity index (χ1v) is 8.78. The first kappa shape index (κ1) is 16.4. The summed E-state index contributed by atoms with van der Waals surface area (Å²) in [4.78, 5) is 23.0. The van der Waals surface area contributed by atoms with Gasteiger partial charge in [0.05, 0.1) is 18.2 Å². The molecule has 0 saturated carbocycles. The molecule has 6 heteroatoms. The molecule has 0 aliphatic carbocycles. The molecule has 26 heavy (non-hydrogen) atoms. The van der Waals surface area contributed by atoms with Gasteiger partial charge in [-0.15, -0.1) is 0 Å². The lowest BCUT2D eigenvalue weighted by Crippen LogP contribution is -2.38. The van der Waals surface area contributed by atoms with Crippen molar-refractivity contribution >= 4 is 5.91 Å². The van der Waals surface area contributed by atoms with Crippen molar-refractivity contribution in [2.24, 2.45) is 0 Å². The van der Waals surface area contributed by atoms with Crippen molar-refractivity contribution in [1.82, 2.24) is 20.0 Å². The molecule has 3 aromatic rings. The topological polar surface area (TPSA) is 72.1 Å². The van der Waals surface area contributed by atoms with Crippen molar-refractivity contribution in [3.8, 4) is 11.4 Å². The Hall–Kier alpha value is -3.02. The molecule has 1 aliphatic rings. The van der Waals surface area contributed by atoms with Crippen LogP contribution in [-0.2, 0) is 11.3 Å². The van der Waals surface area contributed by atoms with Gasteiger partial charge in [-0.05, 0) is 31.0 Å². The van der Waals surface area contributed by atoms with E-state index in [4.69, 9.17) is 4.52 Å². The van der Waals surface area contributed by atoms with Gasteiger partial charge < -0.3 is 9.42 Å². The minimum atomic E-state index is 0.0571. The average molecular weight is 348 g/mol. The fraction of sp³-hybridized carbons (Fsp3) is 0.300. The highest BCUT2D eigenvalue weighted by Gasteiger charge is 2.30. The molecule has 0 unspecified atom stereocenters. The van der Waals surface area contributed by atoms with Crippen LogP contribution >= 0.6 is 0 Å². The van der Waals surface area contributed by atoms with Gasteiger partial charge in [0.2, 0.25) is 17.6 Å². The van der Waals surface area contributed by atoms with Crippen LogP contribution in [0.2, 0.25) is 0 Å². The summed E-state index contributed by atoms with van der Waals surface area (Å²) >= 11 is 0. The summed E-state index contributed by atoms with van der Waals surface area (Å²) in [5.41, 5.74) is 2.96. The zero-order chi connectivity index (χ0) is 17.9. The largest absolute Gasteiger partial charge is 0.339 e. The number of benzene rings is 1. The Labute approximate surface area is 151 Å². The second kappa shape index (κ2) is 7.07. The molecule has 0 spiro atoms. The quantitative estimate of drug-likeness (QED) is 0.723. The van der Waals surface area contributed by atoms with Gasteiger partial charge in [-0.2, -0.15) is 4.98 Å². The van der Waals surface area contributed by atoms with Gasteiger partial charge in [-0.1, -0.05) is 35.5 Å². The van der Waals surface area contributed by atoms with E-state index in [1.54, 1.807) is 6.20 Å². The van der Waals surface area contributed by atoms with E-state index in [0.29, 0.717) is 31.2 Å². The molecular weight excluding hydrogens is 328 g/mol. The molecule has 1 amide bonds. The zero-order valence-corrected chi connectivity index (χ0v) is 14.6. The molecule has 132 valence electrons. The maximum atomic E-state index is 12.3. The van der Waals surface area contributed by atoms with Crippen LogP contribution in [0.15, 0.2) is 53.2 Å². The SMILES string of the molecule is Cc1ccccc1-c1noc([C@@H]2CCC(=O)N(Cc3ccccn3)C2)n1. The van der Waals surface area contributed by atoms with E-state index in [0.717, 1.165) is 23.2 Å². The third-order valence-corrected chi connectivity index (χ3v) is 4.76. The number of amides is 1. The monoisotopic (exact) mass is 348 g/mol. The van der Waals surface area contributed by atoms with Crippen LogP contribution in [0.1, 0.15) is 35.9 Å². The van der Waals surface area contributed by atoms with Crippen molar-refractivity contribution in [1.29, 1.82) is 0 Å². The van der Waals surface area contributed by atoms with E-state index in [1.807, 2.05) is 54.3 Å². The third kappa shape index (κ3) is 3.35. The standard InChI is InChI=1S/C20H20N4O2/c1-14-6-2-3-8-17(14)19-22-20(26-23-19)15-9-10-18(25)24(12-15)13-16-7-4-5-11-21-16/h2-8,11,15H,9-10,12-13H2,1H3/t15-/m1/s1. The van der Waals surface area contributed by atoms with Gasteiger partial charge in [0.1, 0.15) is 0 Å². The molecular formula is C20H20N4O2. The Morgan fingerprint density at radius 3 is 2.85 bits per heavy atom. The summed E-state index contributed by atoms with van der Waals surface area (Å²) in [6.07, 6.45) is 2.96. The van der Waals surface area contributed by atoms with Crippen LogP contribution in [0.4, 0.5) is 0 Å². The number of likely N-dealkylation sites (tertiary alicyclic amines) is 1. The summed E-state index contributed by atoms with van der Waals surface area (Å²) < 4.78 is 5.53. The first-order valence-electron chi connectivity index (χ1n) is 8.78. The Morgan fingerprint density at radius 2 is 2.04 bits per heavy atom. The summed E-state index contributed by atoms with van der Waals surface area (Å²) in [5.74, 6) is 1.40. The number of piperidine rings is 1. The van der Waals surface area contributed by atoms with Gasteiger partial charge >= 0.3 is 0 Å². The number of aryl methyl sites for hydroxylation is 1. The molecule has 1 saturated heterocycles. The van der Waals surface area contributed by atoms with Crippen molar-refractivity contribution in [2.45, 2.75) is 32.2 Å². The van der Waals surface area contributed by atoms with Crippen LogP contribution in [0.25, 0.3) is 11.4 Å². The second-order valence-electron chi connectivity index (χ2n) is 6.60. The minimum absolute atomic E-state index is 0.0571. The lowest BCUT2D eigenvalue weighted by Gasteiger charge is -2.30. The van der Waals surface area contributed by atoms with Crippen LogP contribution in [-0.4, -0.2) is 32.5 Å². The normalized spacial score (nSPS) is 17.5. The Balaban J connectivity index is 1.51. The number of hydrogen-bond acceptors (Lipinski definition) is 5. The predicted octanol–water partition coefficient (Wildman–Crippen LogP) is 3.35. The number of hydrogen-bond donors (Lipinski definition) is 0. The van der Waals surface area contributed by atoms with E-state index in [2.05, 4.69) is 15.1 Å². The number of aromatic nitrogens is 3. The van der Waals surface area contributed by atoms with E-state index in [1.165, 1.54) is 0 Å². The van der Waals surface area contributed by atoms with Gasteiger partial charge in [0.25, 0.3) is 0 Å². The molecule has 0 N–H and O–H groups in total. The lowest BCUT2D eigenvalue weighted by atomic mass is 9.97. The summed E-state index contributed by atoms with van der Waals surface area (Å²) in [6.45, 7) is 3.11. The second-order valence-corrected chi connectivity index (χ2v) is 6.60.